The van der Waals surface area contributed by atoms with Gasteiger partial charge >= 0.3 is 0 Å². The Morgan fingerprint density at radius 2 is 1.94 bits per heavy atom. The van der Waals surface area contributed by atoms with Crippen LogP contribution in [0.2, 0.25) is 0 Å². The van der Waals surface area contributed by atoms with E-state index in [9.17, 15) is 4.79 Å². The maximum absolute atomic E-state index is 12.5. The maximum Gasteiger partial charge on any atom is 0.244 e. The number of benzene rings is 1. The number of hydrogen-bond acceptors (Lipinski definition) is 6. The van der Waals surface area contributed by atoms with Crippen molar-refractivity contribution < 1.29 is 18.8 Å². The third-order valence-electron chi connectivity index (χ3n) is 6.59. The van der Waals surface area contributed by atoms with Gasteiger partial charge in [-0.2, -0.15) is 0 Å². The number of ether oxygens (including phenoxy) is 2. The van der Waals surface area contributed by atoms with Crippen LogP contribution in [0.3, 0.4) is 0 Å². The second-order valence-electron chi connectivity index (χ2n) is 10.2. The molecule has 7 nitrogen and oxygen atoms in total. The number of methoxy groups -OCH3 is 1. The molecule has 1 aromatic carbocycles. The molecule has 0 aliphatic carbocycles. The summed E-state index contributed by atoms with van der Waals surface area (Å²) in [5, 5.41) is 7.02. The zero-order valence-electron chi connectivity index (χ0n) is 21.6. The Labute approximate surface area is 203 Å². The van der Waals surface area contributed by atoms with Crippen molar-refractivity contribution >= 4 is 12.0 Å². The minimum atomic E-state index is -0.108. The highest BCUT2D eigenvalue weighted by Gasteiger charge is 2.32. The molecule has 1 amide bonds. The zero-order valence-corrected chi connectivity index (χ0v) is 21.6. The molecule has 2 unspecified atom stereocenters. The van der Waals surface area contributed by atoms with Crippen LogP contribution in [-0.2, 0) is 11.4 Å². The number of likely N-dealkylation sites (tertiary alicyclic amines) is 1. The van der Waals surface area contributed by atoms with Crippen LogP contribution in [0.15, 0.2) is 28.8 Å². The first-order valence-electron chi connectivity index (χ1n) is 12.0. The molecule has 0 saturated carbocycles. The predicted molar refractivity (Wildman–Crippen MR) is 134 cm³/mol. The van der Waals surface area contributed by atoms with Crippen molar-refractivity contribution in [3.8, 4) is 11.5 Å². The highest BCUT2D eigenvalue weighted by Crippen LogP contribution is 2.30. The van der Waals surface area contributed by atoms with Crippen molar-refractivity contribution in [1.29, 1.82) is 0 Å². The zero-order chi connectivity index (χ0) is 24.9. The summed E-state index contributed by atoms with van der Waals surface area (Å²) in [4.78, 5) is 15.0. The maximum atomic E-state index is 12.5. The summed E-state index contributed by atoms with van der Waals surface area (Å²) in [6.45, 7) is 15.9. The third kappa shape index (κ3) is 6.63. The normalized spacial score (nSPS) is 19.4. The predicted octanol–water partition coefficient (Wildman–Crippen LogP) is 4.76. The van der Waals surface area contributed by atoms with E-state index < -0.39 is 0 Å². The fourth-order valence-electron chi connectivity index (χ4n) is 4.57. The molecule has 1 N–H and O–H groups in total. The molecule has 1 aromatic heterocycles. The van der Waals surface area contributed by atoms with Crippen LogP contribution in [0.25, 0.3) is 6.08 Å². The molecule has 0 radical (unpaired) electrons. The first-order valence-corrected chi connectivity index (χ1v) is 12.0. The van der Waals surface area contributed by atoms with Crippen LogP contribution >= 0.6 is 0 Å². The number of aryl methyl sites for hydroxylation is 2. The quantitative estimate of drug-likeness (QED) is 0.534. The van der Waals surface area contributed by atoms with E-state index in [-0.39, 0.29) is 11.4 Å². The van der Waals surface area contributed by atoms with E-state index in [1.54, 1.807) is 19.3 Å². The standard InChI is InChI=1S/C27H39N3O4/c1-18-12-19(2)15-30(14-18)27(5,6)17-28-26(31)11-9-22-8-10-24(25(13-22)32-7)33-16-23-20(3)29-34-21(23)4/h8-11,13,18-19H,12,14-17H2,1-7H3,(H,28,31)/b11-9+. The second kappa shape index (κ2) is 11.1. The summed E-state index contributed by atoms with van der Waals surface area (Å²) >= 11 is 0. The number of carbonyl (C=O) groups is 1. The summed E-state index contributed by atoms with van der Waals surface area (Å²) in [5.74, 6) is 3.23. The van der Waals surface area contributed by atoms with Crippen LogP contribution < -0.4 is 14.8 Å². The number of hydrogen-bond donors (Lipinski definition) is 1. The Morgan fingerprint density at radius 1 is 1.24 bits per heavy atom. The molecule has 2 atom stereocenters. The lowest BCUT2D eigenvalue weighted by Gasteiger charge is -2.45. The van der Waals surface area contributed by atoms with Gasteiger partial charge in [0.25, 0.3) is 0 Å². The molecule has 2 heterocycles. The Morgan fingerprint density at radius 3 is 2.56 bits per heavy atom. The van der Waals surface area contributed by atoms with Gasteiger partial charge < -0.3 is 19.3 Å². The van der Waals surface area contributed by atoms with Crippen molar-refractivity contribution in [3.05, 3.63) is 46.9 Å². The average molecular weight is 470 g/mol. The van der Waals surface area contributed by atoms with Crippen molar-refractivity contribution in [3.63, 3.8) is 0 Å². The molecule has 7 heteroatoms. The lowest BCUT2D eigenvalue weighted by atomic mass is 9.88. The van der Waals surface area contributed by atoms with Gasteiger partial charge in [-0.05, 0) is 69.7 Å². The van der Waals surface area contributed by atoms with Gasteiger partial charge in [0.1, 0.15) is 12.4 Å². The number of rotatable bonds is 9. The molecule has 1 aliphatic heterocycles. The second-order valence-corrected chi connectivity index (χ2v) is 10.2. The Hall–Kier alpha value is -2.80. The SMILES string of the molecule is COc1cc(/C=C/C(=O)NCC(C)(C)N2CC(C)CC(C)C2)ccc1OCc1c(C)noc1C. The molecule has 0 spiro atoms. The van der Waals surface area contributed by atoms with Gasteiger partial charge in [0.15, 0.2) is 11.5 Å². The van der Waals surface area contributed by atoms with Gasteiger partial charge in [0.2, 0.25) is 5.91 Å². The lowest BCUT2D eigenvalue weighted by Crippen LogP contribution is -2.56. The van der Waals surface area contributed by atoms with E-state index in [1.807, 2.05) is 32.0 Å². The number of carbonyl (C=O) groups excluding carboxylic acids is 1. The van der Waals surface area contributed by atoms with Gasteiger partial charge in [-0.15, -0.1) is 0 Å². The van der Waals surface area contributed by atoms with Gasteiger partial charge in [0.05, 0.1) is 18.4 Å². The van der Waals surface area contributed by atoms with Crippen LogP contribution in [0.5, 0.6) is 11.5 Å². The molecule has 34 heavy (non-hydrogen) atoms. The van der Waals surface area contributed by atoms with Gasteiger partial charge in [-0.3, -0.25) is 9.69 Å². The number of nitrogens with zero attached hydrogens (tertiary/aromatic N) is 2. The number of piperidine rings is 1. The van der Waals surface area contributed by atoms with Crippen molar-refractivity contribution in [1.82, 2.24) is 15.4 Å². The lowest BCUT2D eigenvalue weighted by molar-refractivity contribution is -0.117. The minimum Gasteiger partial charge on any atom is -0.493 e. The molecule has 186 valence electrons. The first-order chi connectivity index (χ1) is 16.1. The van der Waals surface area contributed by atoms with Gasteiger partial charge in [0, 0.05) is 31.2 Å². The molecule has 1 fully saturated rings. The van der Waals surface area contributed by atoms with Crippen LogP contribution in [-0.4, -0.2) is 48.2 Å². The number of nitrogens with one attached hydrogen (secondary N) is 1. The molecule has 0 bridgehead atoms. The molecular formula is C27H39N3O4. The highest BCUT2D eigenvalue weighted by molar-refractivity contribution is 5.91. The molecule has 2 aromatic rings. The highest BCUT2D eigenvalue weighted by atomic mass is 16.5. The van der Waals surface area contributed by atoms with E-state index in [0.29, 0.717) is 36.5 Å². The number of aromatic nitrogens is 1. The number of amides is 1. The summed E-state index contributed by atoms with van der Waals surface area (Å²) in [6, 6.07) is 5.60. The van der Waals surface area contributed by atoms with Gasteiger partial charge in [-0.1, -0.05) is 25.1 Å². The summed E-state index contributed by atoms with van der Waals surface area (Å²) in [5.41, 5.74) is 2.51. The fourth-order valence-corrected chi connectivity index (χ4v) is 4.57. The van der Waals surface area contributed by atoms with E-state index in [4.69, 9.17) is 14.0 Å². The Kier molecular flexibility index (Phi) is 8.42. The summed E-state index contributed by atoms with van der Waals surface area (Å²) < 4.78 is 16.6. The Balaban J connectivity index is 1.56. The minimum absolute atomic E-state index is 0.0874. The smallest absolute Gasteiger partial charge is 0.244 e. The summed E-state index contributed by atoms with van der Waals surface area (Å²) in [6.07, 6.45) is 4.62. The third-order valence-corrected chi connectivity index (χ3v) is 6.59. The molecular weight excluding hydrogens is 430 g/mol. The van der Waals surface area contributed by atoms with Crippen LogP contribution in [0, 0.1) is 25.7 Å². The van der Waals surface area contributed by atoms with Crippen LogP contribution in [0.1, 0.15) is 56.7 Å². The van der Waals surface area contributed by atoms with E-state index in [1.165, 1.54) is 6.42 Å². The van der Waals surface area contributed by atoms with Gasteiger partial charge in [-0.25, -0.2) is 0 Å². The molecule has 1 aliphatic rings. The van der Waals surface area contributed by atoms with Crippen molar-refractivity contribution in [2.24, 2.45) is 11.8 Å². The van der Waals surface area contributed by atoms with Crippen molar-refractivity contribution in [2.75, 3.05) is 26.7 Å². The topological polar surface area (TPSA) is 76.8 Å². The van der Waals surface area contributed by atoms with Crippen molar-refractivity contribution in [2.45, 2.75) is 60.1 Å². The van der Waals surface area contributed by atoms with E-state index >= 15 is 0 Å². The largest absolute Gasteiger partial charge is 0.493 e. The Bertz CT molecular complexity index is 982. The summed E-state index contributed by atoms with van der Waals surface area (Å²) in [7, 11) is 1.60. The van der Waals surface area contributed by atoms with Crippen LogP contribution in [0.4, 0.5) is 0 Å². The first kappa shape index (κ1) is 25.8. The molecule has 3 rings (SSSR count). The monoisotopic (exact) mass is 469 g/mol. The average Bonchev–Trinajstić information content (AvgIpc) is 3.11. The fraction of sp³-hybridized carbons (Fsp3) is 0.556. The molecule has 1 saturated heterocycles. The van der Waals surface area contributed by atoms with E-state index in [0.717, 1.165) is 35.7 Å². The van der Waals surface area contributed by atoms with E-state index in [2.05, 4.69) is 43.1 Å².